The van der Waals surface area contributed by atoms with Crippen LogP contribution in [0.2, 0.25) is 0 Å². The minimum atomic E-state index is 0.478. The van der Waals surface area contributed by atoms with Gasteiger partial charge in [0.1, 0.15) is 6.61 Å². The smallest absolute Gasteiger partial charge is 0.142 e. The molecule has 0 fully saturated rings. The van der Waals surface area contributed by atoms with Crippen LogP contribution in [0.5, 0.6) is 0 Å². The number of oxime groups is 1. The van der Waals surface area contributed by atoms with Crippen molar-refractivity contribution in [3.63, 3.8) is 0 Å². The molecule has 0 aliphatic rings. The molecule has 118 valence electrons. The second-order valence-corrected chi connectivity index (χ2v) is 6.03. The zero-order chi connectivity index (χ0) is 16.1. The van der Waals surface area contributed by atoms with Crippen LogP contribution in [0, 0.1) is 5.92 Å². The lowest BCUT2D eigenvalue weighted by Gasteiger charge is -2.06. The molecule has 0 unspecified atom stereocenters. The molecule has 4 nitrogen and oxygen atoms in total. The van der Waals surface area contributed by atoms with Gasteiger partial charge in [0.05, 0.1) is 17.9 Å². The first-order valence-corrected chi connectivity index (χ1v) is 7.87. The highest BCUT2D eigenvalue weighted by Crippen LogP contribution is 2.16. The molecule has 1 heterocycles. The predicted octanol–water partition coefficient (Wildman–Crippen LogP) is 4.24. The summed E-state index contributed by atoms with van der Waals surface area (Å²) in [5.41, 5.74) is 3.27. The number of hydrogen-bond acceptors (Lipinski definition) is 3. The second kappa shape index (κ2) is 7.09. The molecule has 4 heteroatoms. The largest absolute Gasteiger partial charge is 0.391 e. The van der Waals surface area contributed by atoms with Crippen molar-refractivity contribution in [2.24, 2.45) is 11.1 Å². The predicted molar refractivity (Wildman–Crippen MR) is 93.4 cm³/mol. The zero-order valence-electron chi connectivity index (χ0n) is 13.5. The fourth-order valence-corrected chi connectivity index (χ4v) is 2.46. The fourth-order valence-electron chi connectivity index (χ4n) is 2.46. The van der Waals surface area contributed by atoms with Crippen molar-refractivity contribution < 1.29 is 4.84 Å². The molecule has 0 saturated heterocycles. The summed E-state index contributed by atoms with van der Waals surface area (Å²) >= 11 is 0. The topological polar surface area (TPSA) is 39.4 Å². The summed E-state index contributed by atoms with van der Waals surface area (Å²) in [5, 5.41) is 9.62. The average molecular weight is 307 g/mol. The van der Waals surface area contributed by atoms with Crippen molar-refractivity contribution in [2.45, 2.75) is 27.0 Å². The van der Waals surface area contributed by atoms with Crippen LogP contribution in [0.15, 0.2) is 59.9 Å². The Bertz CT molecular complexity index is 791. The van der Waals surface area contributed by atoms with Gasteiger partial charge in [0, 0.05) is 11.9 Å². The van der Waals surface area contributed by atoms with Crippen LogP contribution >= 0.6 is 0 Å². The number of benzene rings is 2. The SMILES string of the molecule is CC(C)Cn1ncc2cc(C=NOCc3ccccc3)ccc21. The van der Waals surface area contributed by atoms with E-state index in [1.54, 1.807) is 6.21 Å². The summed E-state index contributed by atoms with van der Waals surface area (Å²) in [6.45, 7) is 5.79. The minimum absolute atomic E-state index is 0.478. The van der Waals surface area contributed by atoms with Crippen molar-refractivity contribution in [3.8, 4) is 0 Å². The summed E-state index contributed by atoms with van der Waals surface area (Å²) in [6.07, 6.45) is 3.64. The zero-order valence-corrected chi connectivity index (χ0v) is 13.5. The van der Waals surface area contributed by atoms with Gasteiger partial charge in [0.15, 0.2) is 0 Å². The number of hydrogen-bond donors (Lipinski definition) is 0. The van der Waals surface area contributed by atoms with E-state index in [0.717, 1.165) is 28.6 Å². The van der Waals surface area contributed by atoms with Gasteiger partial charge in [-0.05, 0) is 29.2 Å². The molecule has 0 aliphatic heterocycles. The van der Waals surface area contributed by atoms with E-state index in [4.69, 9.17) is 4.84 Å². The highest BCUT2D eigenvalue weighted by molar-refractivity contribution is 5.88. The maximum atomic E-state index is 5.34. The van der Waals surface area contributed by atoms with Gasteiger partial charge in [0.25, 0.3) is 0 Å². The molecular formula is C19H21N3O. The summed E-state index contributed by atoms with van der Waals surface area (Å²) in [6, 6.07) is 16.2. The molecule has 23 heavy (non-hydrogen) atoms. The molecule has 0 atom stereocenters. The van der Waals surface area contributed by atoms with Crippen LogP contribution in [0.3, 0.4) is 0 Å². The van der Waals surface area contributed by atoms with E-state index in [-0.39, 0.29) is 0 Å². The lowest BCUT2D eigenvalue weighted by atomic mass is 10.1. The van der Waals surface area contributed by atoms with E-state index in [9.17, 15) is 0 Å². The molecule has 0 spiro atoms. The van der Waals surface area contributed by atoms with Crippen molar-refractivity contribution in [1.82, 2.24) is 9.78 Å². The molecule has 0 saturated carbocycles. The minimum Gasteiger partial charge on any atom is -0.391 e. The van der Waals surface area contributed by atoms with Crippen LogP contribution < -0.4 is 0 Å². The van der Waals surface area contributed by atoms with Gasteiger partial charge in [-0.15, -0.1) is 0 Å². The van der Waals surface area contributed by atoms with Gasteiger partial charge >= 0.3 is 0 Å². The van der Waals surface area contributed by atoms with Gasteiger partial charge in [-0.25, -0.2) is 0 Å². The van der Waals surface area contributed by atoms with Gasteiger partial charge in [-0.1, -0.05) is 55.4 Å². The Labute approximate surface area is 136 Å². The number of aromatic nitrogens is 2. The van der Waals surface area contributed by atoms with Gasteiger partial charge < -0.3 is 4.84 Å². The standard InChI is InChI=1S/C19H21N3O/c1-15(2)13-22-19-9-8-17(10-18(19)12-20-22)11-21-23-14-16-6-4-3-5-7-16/h3-12,15H,13-14H2,1-2H3. The molecule has 3 rings (SSSR count). The Kier molecular flexibility index (Phi) is 4.71. The molecule has 0 bridgehead atoms. The van der Waals surface area contributed by atoms with Crippen LogP contribution in [-0.2, 0) is 18.0 Å². The third kappa shape index (κ3) is 3.97. The Morgan fingerprint density at radius 1 is 1.17 bits per heavy atom. The van der Waals surface area contributed by atoms with E-state index >= 15 is 0 Å². The molecule has 0 radical (unpaired) electrons. The third-order valence-corrected chi connectivity index (χ3v) is 3.55. The maximum Gasteiger partial charge on any atom is 0.142 e. The Balaban J connectivity index is 1.65. The molecule has 2 aromatic carbocycles. The van der Waals surface area contributed by atoms with Crippen LogP contribution in [-0.4, -0.2) is 16.0 Å². The quantitative estimate of drug-likeness (QED) is 0.504. The van der Waals surface area contributed by atoms with Gasteiger partial charge in [-0.3, -0.25) is 4.68 Å². The van der Waals surface area contributed by atoms with E-state index in [1.165, 1.54) is 0 Å². The highest BCUT2D eigenvalue weighted by atomic mass is 16.6. The monoisotopic (exact) mass is 307 g/mol. The van der Waals surface area contributed by atoms with Crippen LogP contribution in [0.1, 0.15) is 25.0 Å². The number of fused-ring (bicyclic) bond motifs is 1. The summed E-state index contributed by atoms with van der Waals surface area (Å²) < 4.78 is 2.05. The Morgan fingerprint density at radius 3 is 2.78 bits per heavy atom. The summed E-state index contributed by atoms with van der Waals surface area (Å²) in [7, 11) is 0. The molecule has 1 aromatic heterocycles. The first-order chi connectivity index (χ1) is 11.2. The molecule has 3 aromatic rings. The first kappa shape index (κ1) is 15.3. The Hall–Kier alpha value is -2.62. The maximum absolute atomic E-state index is 5.34. The van der Waals surface area contributed by atoms with Crippen molar-refractivity contribution in [3.05, 3.63) is 65.9 Å². The van der Waals surface area contributed by atoms with E-state index in [0.29, 0.717) is 12.5 Å². The fraction of sp³-hybridized carbons (Fsp3) is 0.263. The second-order valence-electron chi connectivity index (χ2n) is 6.03. The van der Waals surface area contributed by atoms with Crippen LogP contribution in [0.4, 0.5) is 0 Å². The van der Waals surface area contributed by atoms with Crippen molar-refractivity contribution in [1.29, 1.82) is 0 Å². The van der Waals surface area contributed by atoms with Gasteiger partial charge in [-0.2, -0.15) is 5.10 Å². The molecule has 0 amide bonds. The Morgan fingerprint density at radius 2 is 2.00 bits per heavy atom. The third-order valence-electron chi connectivity index (χ3n) is 3.55. The number of rotatable bonds is 6. The highest BCUT2D eigenvalue weighted by Gasteiger charge is 2.04. The van der Waals surface area contributed by atoms with Crippen molar-refractivity contribution >= 4 is 17.1 Å². The lowest BCUT2D eigenvalue weighted by molar-refractivity contribution is 0.132. The van der Waals surface area contributed by atoms with E-state index in [1.807, 2.05) is 47.3 Å². The summed E-state index contributed by atoms with van der Waals surface area (Å²) in [4.78, 5) is 5.34. The summed E-state index contributed by atoms with van der Waals surface area (Å²) in [5.74, 6) is 0.575. The van der Waals surface area contributed by atoms with E-state index in [2.05, 4.69) is 36.2 Å². The normalized spacial score (nSPS) is 11.6. The van der Waals surface area contributed by atoms with E-state index < -0.39 is 0 Å². The van der Waals surface area contributed by atoms with Crippen molar-refractivity contribution in [2.75, 3.05) is 0 Å². The first-order valence-electron chi connectivity index (χ1n) is 7.87. The van der Waals surface area contributed by atoms with Gasteiger partial charge in [0.2, 0.25) is 0 Å². The molecule has 0 aliphatic carbocycles. The molecular weight excluding hydrogens is 286 g/mol. The number of nitrogens with zero attached hydrogens (tertiary/aromatic N) is 3. The lowest BCUT2D eigenvalue weighted by Crippen LogP contribution is -2.05. The van der Waals surface area contributed by atoms with Crippen LogP contribution in [0.25, 0.3) is 10.9 Å². The molecule has 0 N–H and O–H groups in total. The average Bonchev–Trinajstić information content (AvgIpc) is 2.94.